The van der Waals surface area contributed by atoms with Crippen LogP contribution in [0.4, 0.5) is 14.7 Å². The Morgan fingerprint density at radius 2 is 1.33 bits per heavy atom. The van der Waals surface area contributed by atoms with E-state index in [2.05, 4.69) is 26.1 Å². The number of quaternary nitrogens is 1. The summed E-state index contributed by atoms with van der Waals surface area (Å²) in [6.07, 6.45) is 1.78. The first kappa shape index (κ1) is 63.3. The monoisotopic (exact) mass is 1160 g/mol. The number of β-lactam (4-membered cyclic amide) rings is 1. The Bertz CT molecular complexity index is 2810. The largest absolute Gasteiger partial charge is 0.497 e. The first-order valence-electron chi connectivity index (χ1n) is 26.8. The molecule has 3 N–H and O–H groups in total. The van der Waals surface area contributed by atoms with Gasteiger partial charge in [-0.1, -0.05) is 29.4 Å². The van der Waals surface area contributed by atoms with E-state index in [9.17, 15) is 33.6 Å². The lowest BCUT2D eigenvalue weighted by Crippen LogP contribution is -2.71. The van der Waals surface area contributed by atoms with Crippen molar-refractivity contribution < 1.29 is 76.0 Å². The summed E-state index contributed by atoms with van der Waals surface area (Å²) in [5.74, 6) is -1.94. The molecule has 24 heteroatoms. The van der Waals surface area contributed by atoms with Gasteiger partial charge in [-0.2, -0.15) is 0 Å². The number of methoxy groups -OCH3 is 2. The summed E-state index contributed by atoms with van der Waals surface area (Å²) in [6, 6.07) is 12.0. The number of amides is 4. The molecule has 81 heavy (non-hydrogen) atoms. The second kappa shape index (κ2) is 26.8. The number of carbonyl (C=O) groups excluding carboxylic acids is 7. The summed E-state index contributed by atoms with van der Waals surface area (Å²) in [6.45, 7) is 20.8. The van der Waals surface area contributed by atoms with Crippen LogP contribution in [0.2, 0.25) is 0 Å². The van der Waals surface area contributed by atoms with E-state index in [4.69, 9.17) is 38.0 Å². The van der Waals surface area contributed by atoms with Gasteiger partial charge in [0.15, 0.2) is 10.8 Å². The first-order valence-corrected chi connectivity index (χ1v) is 28.8. The molecule has 4 amide bonds. The van der Waals surface area contributed by atoms with E-state index in [1.54, 1.807) is 125 Å². The van der Waals surface area contributed by atoms with Gasteiger partial charge in [-0.25, -0.2) is 29.0 Å². The molecule has 22 nitrogen and oxygen atoms in total. The number of aromatic nitrogens is 1. The van der Waals surface area contributed by atoms with Crippen molar-refractivity contribution >= 4 is 75.9 Å². The molecular weight excluding hydrogens is 1090 g/mol. The molecule has 0 unspecified atom stereocenters. The molecular formula is C57H78N7O15S2+. The van der Waals surface area contributed by atoms with Crippen molar-refractivity contribution in [3.8, 4) is 11.5 Å². The summed E-state index contributed by atoms with van der Waals surface area (Å²) in [5.41, 5.74) is -2.40. The van der Waals surface area contributed by atoms with E-state index >= 15 is 0 Å². The fourth-order valence-corrected chi connectivity index (χ4v) is 10.9. The predicted octanol–water partition coefficient (Wildman–Crippen LogP) is 8.16. The van der Waals surface area contributed by atoms with Crippen LogP contribution in [0, 0.1) is 0 Å². The summed E-state index contributed by atoms with van der Waals surface area (Å²) in [4.78, 5) is 107. The van der Waals surface area contributed by atoms with E-state index in [0.717, 1.165) is 42.8 Å². The number of nitrogens with one attached hydrogen (secondary N) is 3. The lowest BCUT2D eigenvalue weighted by Gasteiger charge is -2.50. The zero-order valence-electron chi connectivity index (χ0n) is 48.6. The number of unbranched alkanes of at least 4 members (excludes halogenated alkanes) is 1. The molecule has 4 heterocycles. The molecule has 0 aliphatic carbocycles. The predicted molar refractivity (Wildman–Crippen MR) is 303 cm³/mol. The van der Waals surface area contributed by atoms with Crippen LogP contribution in [0.15, 0.2) is 70.3 Å². The fourth-order valence-electron chi connectivity index (χ4n) is 8.92. The van der Waals surface area contributed by atoms with Gasteiger partial charge in [-0.15, -0.1) is 23.1 Å². The SMILES string of the molecule is COc1ccc(COC(=O)C2=C(C[N+]3(CCCC[C@H](NC(=O)OC(C)(C)C)C(=O)OCc4ccc(OC)cc4)CCCC3)CS[C@@H]3[C@H](NC(=O)/C(=N\OC(C)(C)C(=O)OC(C)(C)C)c4csc(NC(=O)OC(C)(C)C)n4)C(=O)N23)cc1. The minimum atomic E-state index is -1.69. The highest BCUT2D eigenvalue weighted by molar-refractivity contribution is 8.00. The average molecular weight is 1170 g/mol. The highest BCUT2D eigenvalue weighted by Gasteiger charge is 2.56. The van der Waals surface area contributed by atoms with Gasteiger partial charge in [-0.05, 0) is 131 Å². The standard InChI is InChI=1S/C57H77N7O15S2/c1-54(2,3)76-50(69)57(10,11)79-62-42(41-34-81-51(58-41)61-53(71)78-56(7,8)9)45(65)60-43-46(66)63-44(49(68)75-32-36-21-25-39(73-13)26-22-36)37(33-80-47(43)63)30-64(28-16-17-29-64)27-15-14-18-40(59-52(70)77-55(4,5)6)48(67)74-31-35-19-23-38(72-12)24-20-35/h19-26,34,40,43,47H,14-18,27-33H2,1-13H3,(H2-,58,59,60,61,65,70,71)/p+1/b62-42-/t40-,43+,47+/m0/s1. The average Bonchev–Trinajstić information content (AvgIpc) is 4.14. The number of anilines is 1. The number of ether oxygens (including phenoxy) is 7. The van der Waals surface area contributed by atoms with Crippen molar-refractivity contribution in [3.63, 3.8) is 0 Å². The maximum Gasteiger partial charge on any atom is 0.413 e. The number of thiazole rings is 1. The molecule has 0 spiro atoms. The van der Waals surface area contributed by atoms with Crippen molar-refractivity contribution in [1.29, 1.82) is 0 Å². The molecule has 3 aliphatic heterocycles. The van der Waals surface area contributed by atoms with E-state index in [1.807, 2.05) is 0 Å². The van der Waals surface area contributed by atoms with Crippen LogP contribution in [0.5, 0.6) is 11.5 Å². The third kappa shape index (κ3) is 18.3. The van der Waals surface area contributed by atoms with Gasteiger partial charge in [-0.3, -0.25) is 19.8 Å². The van der Waals surface area contributed by atoms with Gasteiger partial charge < -0.3 is 53.1 Å². The van der Waals surface area contributed by atoms with Crippen LogP contribution in [0.1, 0.15) is 125 Å². The van der Waals surface area contributed by atoms with Crippen molar-refractivity contribution in [2.45, 2.75) is 161 Å². The quantitative estimate of drug-likeness (QED) is 0.0154. The van der Waals surface area contributed by atoms with Gasteiger partial charge in [0.1, 0.15) is 76.9 Å². The Morgan fingerprint density at radius 1 is 0.765 bits per heavy atom. The third-order valence-electron chi connectivity index (χ3n) is 12.8. The Kier molecular flexibility index (Phi) is 20.9. The number of alkyl carbamates (subject to hydrolysis) is 1. The van der Waals surface area contributed by atoms with Crippen LogP contribution in [-0.2, 0) is 65.7 Å². The molecule has 2 fully saturated rings. The first-order chi connectivity index (χ1) is 38.0. The van der Waals surface area contributed by atoms with Gasteiger partial charge >= 0.3 is 30.1 Å². The van der Waals surface area contributed by atoms with Crippen molar-refractivity contribution in [2.24, 2.45) is 5.16 Å². The topological polar surface area (TPSA) is 258 Å². The smallest absolute Gasteiger partial charge is 0.413 e. The highest BCUT2D eigenvalue weighted by atomic mass is 32.2. The normalized spacial score (nSPS) is 17.6. The number of hydrogen-bond acceptors (Lipinski definition) is 19. The van der Waals surface area contributed by atoms with E-state index in [1.165, 1.54) is 35.9 Å². The second-order valence-electron chi connectivity index (χ2n) is 23.5. The number of esters is 3. The van der Waals surface area contributed by atoms with Crippen LogP contribution in [0.25, 0.3) is 0 Å². The molecule has 0 radical (unpaired) electrons. The summed E-state index contributed by atoms with van der Waals surface area (Å²) in [5, 5.41) is 12.9. The van der Waals surface area contributed by atoms with E-state index in [0.29, 0.717) is 58.8 Å². The number of thioether (sulfide) groups is 1. The zero-order chi connectivity index (χ0) is 59.5. The van der Waals surface area contributed by atoms with Crippen molar-refractivity contribution in [3.05, 3.63) is 82.0 Å². The molecule has 442 valence electrons. The lowest BCUT2D eigenvalue weighted by molar-refractivity contribution is -0.912. The summed E-state index contributed by atoms with van der Waals surface area (Å²) < 4.78 is 39.2. The van der Waals surface area contributed by atoms with Crippen LogP contribution in [-0.4, -0.2) is 148 Å². The molecule has 0 saturated carbocycles. The molecule has 2 aromatic carbocycles. The number of benzene rings is 2. The van der Waals surface area contributed by atoms with Crippen LogP contribution in [0.3, 0.4) is 0 Å². The Hall–Kier alpha value is -6.92. The number of likely N-dealkylation sites (tertiary alicyclic amines) is 1. The van der Waals surface area contributed by atoms with Crippen LogP contribution >= 0.6 is 23.1 Å². The van der Waals surface area contributed by atoms with Gasteiger partial charge in [0.2, 0.25) is 5.60 Å². The molecule has 2 saturated heterocycles. The van der Waals surface area contributed by atoms with Gasteiger partial charge in [0.05, 0.1) is 33.9 Å². The number of rotatable bonds is 23. The lowest BCUT2D eigenvalue weighted by atomic mass is 10.0. The Morgan fingerprint density at radius 3 is 1.90 bits per heavy atom. The molecule has 3 aliphatic rings. The minimum Gasteiger partial charge on any atom is -0.497 e. The number of nitrogens with zero attached hydrogens (tertiary/aromatic N) is 4. The zero-order valence-corrected chi connectivity index (χ0v) is 50.3. The van der Waals surface area contributed by atoms with E-state index < -0.39 is 87.5 Å². The Balaban J connectivity index is 1.23. The number of oxime groups is 1. The van der Waals surface area contributed by atoms with E-state index in [-0.39, 0.29) is 36.2 Å². The molecule has 3 aromatic rings. The highest BCUT2D eigenvalue weighted by Crippen LogP contribution is 2.42. The van der Waals surface area contributed by atoms with Crippen molar-refractivity contribution in [1.82, 2.24) is 20.5 Å². The maximum atomic E-state index is 14.6. The van der Waals surface area contributed by atoms with Gasteiger partial charge in [0, 0.05) is 29.5 Å². The van der Waals surface area contributed by atoms with Crippen molar-refractivity contribution in [2.75, 3.05) is 51.5 Å². The minimum absolute atomic E-state index is 0.00900. The third-order valence-corrected chi connectivity index (χ3v) is 14.9. The number of fused-ring (bicyclic) bond motifs is 1. The molecule has 1 aromatic heterocycles. The molecule has 3 atom stereocenters. The van der Waals surface area contributed by atoms with Gasteiger partial charge in [0.25, 0.3) is 11.8 Å². The number of carbonyl (C=O) groups is 7. The molecule has 6 rings (SSSR count). The number of hydrogen-bond donors (Lipinski definition) is 3. The molecule has 0 bridgehead atoms. The van der Waals surface area contributed by atoms with Crippen LogP contribution < -0.4 is 25.4 Å². The Labute approximate surface area is 481 Å². The summed E-state index contributed by atoms with van der Waals surface area (Å²) >= 11 is 2.35. The summed E-state index contributed by atoms with van der Waals surface area (Å²) in [7, 11) is 3.11. The second-order valence-corrected chi connectivity index (χ2v) is 25.4. The fraction of sp³-hybridized carbons (Fsp3) is 0.561. The maximum absolute atomic E-state index is 14.6.